The number of hydrogen-bond acceptors (Lipinski definition) is 4. The molecular formula is C16H23Cl2NO4. The first-order valence-corrected chi connectivity index (χ1v) is 8.25. The van der Waals surface area contributed by atoms with Gasteiger partial charge in [0.1, 0.15) is 18.0 Å². The van der Waals surface area contributed by atoms with E-state index in [1.54, 1.807) is 39.0 Å². The van der Waals surface area contributed by atoms with E-state index < -0.39 is 11.7 Å². The van der Waals surface area contributed by atoms with Crippen molar-refractivity contribution in [1.29, 1.82) is 0 Å². The molecule has 130 valence electrons. The van der Waals surface area contributed by atoms with Crippen LogP contribution in [-0.4, -0.2) is 37.4 Å². The lowest BCUT2D eigenvalue weighted by atomic mass is 10.2. The molecule has 0 aliphatic rings. The molecule has 0 aromatic heterocycles. The van der Waals surface area contributed by atoms with E-state index in [1.807, 2.05) is 0 Å². The van der Waals surface area contributed by atoms with Crippen LogP contribution in [0.4, 0.5) is 4.79 Å². The van der Waals surface area contributed by atoms with E-state index in [1.165, 1.54) is 0 Å². The number of halogens is 2. The highest BCUT2D eigenvalue weighted by atomic mass is 35.5. The third kappa shape index (κ3) is 8.89. The summed E-state index contributed by atoms with van der Waals surface area (Å²) in [6.07, 6.45) is -0.492. The van der Waals surface area contributed by atoms with Gasteiger partial charge in [-0.15, -0.1) is 11.6 Å². The van der Waals surface area contributed by atoms with Gasteiger partial charge in [-0.2, -0.15) is 0 Å². The molecule has 0 atom stereocenters. The molecule has 0 radical (unpaired) electrons. The van der Waals surface area contributed by atoms with Crippen molar-refractivity contribution in [2.45, 2.75) is 32.9 Å². The van der Waals surface area contributed by atoms with Crippen molar-refractivity contribution in [3.05, 3.63) is 28.8 Å². The number of benzene rings is 1. The summed E-state index contributed by atoms with van der Waals surface area (Å²) in [4.78, 5) is 11.7. The average Bonchev–Trinajstić information content (AvgIpc) is 2.45. The van der Waals surface area contributed by atoms with Crippen LogP contribution in [0.2, 0.25) is 5.02 Å². The number of amides is 1. The predicted molar refractivity (Wildman–Crippen MR) is 91.6 cm³/mol. The second-order valence-electron chi connectivity index (χ2n) is 5.76. The monoisotopic (exact) mass is 363 g/mol. The second-order valence-corrected chi connectivity index (χ2v) is 6.57. The largest absolute Gasteiger partial charge is 0.491 e. The number of alkyl carbamates (subject to hydrolysis) is 1. The summed E-state index contributed by atoms with van der Waals surface area (Å²) < 4.78 is 16.1. The Labute approximate surface area is 147 Å². The number of carbonyl (C=O) groups is 1. The Kier molecular flexibility index (Phi) is 8.52. The molecule has 1 amide bonds. The zero-order chi connectivity index (χ0) is 17.3. The van der Waals surface area contributed by atoms with Crippen LogP contribution in [0.1, 0.15) is 26.3 Å². The Hall–Kier alpha value is -1.17. The fourth-order valence-electron chi connectivity index (χ4n) is 1.68. The van der Waals surface area contributed by atoms with Crippen molar-refractivity contribution in [2.24, 2.45) is 0 Å². The van der Waals surface area contributed by atoms with Gasteiger partial charge in [0, 0.05) is 23.0 Å². The van der Waals surface area contributed by atoms with E-state index >= 15 is 0 Å². The van der Waals surface area contributed by atoms with Crippen molar-refractivity contribution in [3.63, 3.8) is 0 Å². The van der Waals surface area contributed by atoms with Gasteiger partial charge in [-0.3, -0.25) is 0 Å². The Morgan fingerprint density at radius 3 is 2.61 bits per heavy atom. The molecule has 1 N–H and O–H groups in total. The highest BCUT2D eigenvalue weighted by Crippen LogP contribution is 2.23. The van der Waals surface area contributed by atoms with Crippen LogP contribution >= 0.6 is 23.2 Å². The molecular weight excluding hydrogens is 341 g/mol. The summed E-state index contributed by atoms with van der Waals surface area (Å²) in [6, 6.07) is 5.23. The molecule has 0 bridgehead atoms. The maximum atomic E-state index is 11.7. The highest BCUT2D eigenvalue weighted by Gasteiger charge is 2.16. The Bertz CT molecular complexity index is 503. The number of rotatable bonds is 8. The quantitative estimate of drug-likeness (QED) is 0.560. The molecule has 0 aliphatic heterocycles. The van der Waals surface area contributed by atoms with Crippen molar-refractivity contribution >= 4 is 29.3 Å². The topological polar surface area (TPSA) is 56.8 Å². The van der Waals surface area contributed by atoms with Crippen LogP contribution in [0.25, 0.3) is 0 Å². The number of ether oxygens (including phenoxy) is 3. The molecule has 0 saturated carbocycles. The first kappa shape index (κ1) is 19.9. The first-order valence-electron chi connectivity index (χ1n) is 7.33. The van der Waals surface area contributed by atoms with Gasteiger partial charge in [0.05, 0.1) is 13.2 Å². The number of carbonyl (C=O) groups excluding carboxylic acids is 1. The molecule has 0 spiro atoms. The third-order valence-corrected chi connectivity index (χ3v) is 2.94. The SMILES string of the molecule is CC(C)(C)OC(=O)NCc1cc(Cl)ccc1OCCOCCCl. The summed E-state index contributed by atoms with van der Waals surface area (Å²) in [5, 5.41) is 3.25. The van der Waals surface area contributed by atoms with Gasteiger partial charge in [0.15, 0.2) is 0 Å². The molecule has 1 rings (SSSR count). The molecule has 23 heavy (non-hydrogen) atoms. The maximum Gasteiger partial charge on any atom is 0.407 e. The summed E-state index contributed by atoms with van der Waals surface area (Å²) in [5.41, 5.74) is 0.220. The van der Waals surface area contributed by atoms with Crippen molar-refractivity contribution in [1.82, 2.24) is 5.32 Å². The Morgan fingerprint density at radius 2 is 1.96 bits per heavy atom. The number of hydrogen-bond donors (Lipinski definition) is 1. The van der Waals surface area contributed by atoms with Crippen molar-refractivity contribution in [2.75, 3.05) is 25.7 Å². The van der Waals surface area contributed by atoms with Gasteiger partial charge in [-0.25, -0.2) is 4.79 Å². The van der Waals surface area contributed by atoms with E-state index in [2.05, 4.69) is 5.32 Å². The van der Waals surface area contributed by atoms with E-state index in [-0.39, 0.29) is 6.54 Å². The minimum absolute atomic E-state index is 0.257. The summed E-state index contributed by atoms with van der Waals surface area (Å²) in [6.45, 7) is 6.99. The zero-order valence-corrected chi connectivity index (χ0v) is 15.2. The van der Waals surface area contributed by atoms with Crippen molar-refractivity contribution in [3.8, 4) is 5.75 Å². The van der Waals surface area contributed by atoms with Gasteiger partial charge in [-0.1, -0.05) is 11.6 Å². The maximum absolute atomic E-state index is 11.7. The van der Waals surface area contributed by atoms with E-state index in [0.717, 1.165) is 5.56 Å². The molecule has 0 fully saturated rings. The van der Waals surface area contributed by atoms with Gasteiger partial charge in [-0.05, 0) is 39.0 Å². The average molecular weight is 364 g/mol. The molecule has 0 aliphatic carbocycles. The lowest BCUT2D eigenvalue weighted by molar-refractivity contribution is 0.0523. The van der Waals surface area contributed by atoms with Crippen LogP contribution in [-0.2, 0) is 16.0 Å². The predicted octanol–water partition coefficient (Wildman–Crippen LogP) is 4.00. The standard InChI is InChI=1S/C16H23Cl2NO4/c1-16(2,3)23-15(20)19-11-12-10-13(18)4-5-14(12)22-9-8-21-7-6-17/h4-5,10H,6-9,11H2,1-3H3,(H,19,20). The summed E-state index contributed by atoms with van der Waals surface area (Å²) in [7, 11) is 0. The van der Waals surface area contributed by atoms with Gasteiger partial charge in [0.2, 0.25) is 0 Å². The Morgan fingerprint density at radius 1 is 1.22 bits per heavy atom. The van der Waals surface area contributed by atoms with Crippen LogP contribution < -0.4 is 10.1 Å². The molecule has 1 aromatic rings. The fourth-order valence-corrected chi connectivity index (χ4v) is 1.98. The fraction of sp³-hybridized carbons (Fsp3) is 0.562. The molecule has 0 heterocycles. The first-order chi connectivity index (χ1) is 10.8. The van der Waals surface area contributed by atoms with E-state index in [4.69, 9.17) is 37.4 Å². The molecule has 0 saturated heterocycles. The number of alkyl halides is 1. The van der Waals surface area contributed by atoms with Gasteiger partial charge >= 0.3 is 6.09 Å². The van der Waals surface area contributed by atoms with Crippen LogP contribution in [0.3, 0.4) is 0 Å². The molecule has 5 nitrogen and oxygen atoms in total. The van der Waals surface area contributed by atoms with Gasteiger partial charge in [0.25, 0.3) is 0 Å². The van der Waals surface area contributed by atoms with Crippen LogP contribution in [0, 0.1) is 0 Å². The minimum Gasteiger partial charge on any atom is -0.491 e. The minimum atomic E-state index is -0.544. The normalized spacial score (nSPS) is 11.2. The van der Waals surface area contributed by atoms with E-state index in [0.29, 0.717) is 36.5 Å². The number of nitrogens with one attached hydrogen (secondary N) is 1. The lowest BCUT2D eigenvalue weighted by Crippen LogP contribution is -2.32. The summed E-state index contributed by atoms with van der Waals surface area (Å²) >= 11 is 11.5. The second kappa shape index (κ2) is 9.85. The smallest absolute Gasteiger partial charge is 0.407 e. The van der Waals surface area contributed by atoms with Crippen LogP contribution in [0.15, 0.2) is 18.2 Å². The Balaban J connectivity index is 2.55. The third-order valence-electron chi connectivity index (χ3n) is 2.55. The van der Waals surface area contributed by atoms with Crippen LogP contribution in [0.5, 0.6) is 5.75 Å². The molecule has 1 aromatic carbocycles. The summed E-state index contributed by atoms with van der Waals surface area (Å²) in [5.74, 6) is 1.09. The molecule has 0 unspecified atom stereocenters. The van der Waals surface area contributed by atoms with E-state index in [9.17, 15) is 4.79 Å². The zero-order valence-electron chi connectivity index (χ0n) is 13.7. The molecule has 7 heteroatoms. The van der Waals surface area contributed by atoms with Gasteiger partial charge < -0.3 is 19.5 Å². The highest BCUT2D eigenvalue weighted by molar-refractivity contribution is 6.30. The lowest BCUT2D eigenvalue weighted by Gasteiger charge is -2.20. The van der Waals surface area contributed by atoms with Crippen molar-refractivity contribution < 1.29 is 19.0 Å².